The van der Waals surface area contributed by atoms with Gasteiger partial charge in [0, 0.05) is 13.7 Å². The molecule has 5 nitrogen and oxygen atoms in total. The van der Waals surface area contributed by atoms with E-state index in [4.69, 9.17) is 21.2 Å². The van der Waals surface area contributed by atoms with Gasteiger partial charge in [0.05, 0.1) is 0 Å². The van der Waals surface area contributed by atoms with Gasteiger partial charge in [0.1, 0.15) is 10.8 Å². The second-order valence-electron chi connectivity index (χ2n) is 3.90. The second-order valence-corrected chi connectivity index (χ2v) is 9.32. The molecule has 0 aliphatic heterocycles. The number of amides is 1. The van der Waals surface area contributed by atoms with Crippen LogP contribution in [-0.2, 0) is 16.6 Å². The van der Waals surface area contributed by atoms with Crippen LogP contribution in [-0.4, -0.2) is 35.8 Å². The van der Waals surface area contributed by atoms with Crippen molar-refractivity contribution in [3.63, 3.8) is 0 Å². The van der Waals surface area contributed by atoms with Gasteiger partial charge in [-0.15, -0.1) is 11.8 Å². The Labute approximate surface area is 128 Å². The van der Waals surface area contributed by atoms with Crippen molar-refractivity contribution in [3.05, 3.63) is 30.3 Å². The Kier molecular flexibility index (Phi) is 6.52. The van der Waals surface area contributed by atoms with Crippen LogP contribution in [0.15, 0.2) is 35.5 Å². The molecule has 0 bridgehead atoms. The fourth-order valence-electron chi connectivity index (χ4n) is 1.09. The van der Waals surface area contributed by atoms with Crippen LogP contribution >= 0.6 is 18.2 Å². The van der Waals surface area contributed by atoms with Crippen LogP contribution in [0, 0.1) is 0 Å². The molecule has 0 saturated carbocycles. The smallest absolute Gasteiger partial charge is 0.441 e. The minimum atomic E-state index is -2.51. The lowest BCUT2D eigenvalue weighted by Crippen LogP contribution is -2.25. The van der Waals surface area contributed by atoms with Crippen LogP contribution in [0.3, 0.4) is 0 Å². The molecule has 0 aliphatic carbocycles. The molecular weight excluding hydrogens is 315 g/mol. The van der Waals surface area contributed by atoms with E-state index in [1.54, 1.807) is 32.8 Å². The van der Waals surface area contributed by atoms with Crippen molar-refractivity contribution in [1.29, 1.82) is 0 Å². The predicted octanol–water partition coefficient (Wildman–Crippen LogP) is 3.77. The topological polar surface area (TPSA) is 51.1 Å². The molecule has 0 aromatic heterocycles. The molecule has 0 heterocycles. The molecule has 0 fully saturated rings. The molecule has 20 heavy (non-hydrogen) atoms. The molecule has 1 aromatic rings. The first-order valence-electron chi connectivity index (χ1n) is 5.72. The number of oxime groups is 1. The summed E-state index contributed by atoms with van der Waals surface area (Å²) in [6.07, 6.45) is -1.29. The van der Waals surface area contributed by atoms with Crippen LogP contribution in [0.5, 0.6) is 5.75 Å². The lowest BCUT2D eigenvalue weighted by atomic mass is 10.3. The molecule has 1 unspecified atom stereocenters. The first kappa shape index (κ1) is 17.0. The molecule has 1 atom stereocenters. The van der Waals surface area contributed by atoms with E-state index in [2.05, 4.69) is 5.16 Å². The minimum absolute atomic E-state index is 0.625. The number of benzene rings is 1. The first-order chi connectivity index (χ1) is 9.36. The summed E-state index contributed by atoms with van der Waals surface area (Å²) in [4.78, 5) is 16.7. The zero-order valence-corrected chi connectivity index (χ0v) is 14.3. The third-order valence-corrected chi connectivity index (χ3v) is 5.80. The second kappa shape index (κ2) is 7.67. The molecule has 1 amide bonds. The molecule has 1 aromatic carbocycles. The van der Waals surface area contributed by atoms with Gasteiger partial charge in [0.25, 0.3) is 0 Å². The van der Waals surface area contributed by atoms with E-state index in [0.29, 0.717) is 10.8 Å². The third kappa shape index (κ3) is 5.15. The Hall–Kier alpha value is -1.04. The highest BCUT2D eigenvalue weighted by atomic mass is 32.4. The summed E-state index contributed by atoms with van der Waals surface area (Å²) in [7, 11) is 1.55. The fourth-order valence-corrected chi connectivity index (χ4v) is 2.62. The number of thioether (sulfide) groups is 1. The SMILES string of the molecule is CSC(C)=NOC(=O)N(C)P(C)(=S)Oc1ccccc1. The van der Waals surface area contributed by atoms with Crippen LogP contribution in [0.25, 0.3) is 0 Å². The molecule has 110 valence electrons. The van der Waals surface area contributed by atoms with Crippen molar-refractivity contribution in [2.75, 3.05) is 20.0 Å². The number of hydrogen-bond acceptors (Lipinski definition) is 6. The molecule has 0 N–H and O–H groups in total. The van der Waals surface area contributed by atoms with E-state index < -0.39 is 12.5 Å². The van der Waals surface area contributed by atoms with Crippen molar-refractivity contribution < 1.29 is 14.2 Å². The highest BCUT2D eigenvalue weighted by Gasteiger charge is 2.26. The highest BCUT2D eigenvalue weighted by Crippen LogP contribution is 2.46. The Morgan fingerprint density at radius 2 is 2.00 bits per heavy atom. The van der Waals surface area contributed by atoms with Gasteiger partial charge >= 0.3 is 6.09 Å². The van der Waals surface area contributed by atoms with Crippen LogP contribution < -0.4 is 4.52 Å². The van der Waals surface area contributed by atoms with Gasteiger partial charge in [-0.1, -0.05) is 23.4 Å². The van der Waals surface area contributed by atoms with Gasteiger partial charge in [-0.3, -0.25) is 9.51 Å². The Morgan fingerprint density at radius 1 is 1.40 bits per heavy atom. The maximum Gasteiger partial charge on any atom is 0.441 e. The maximum absolute atomic E-state index is 11.9. The molecule has 8 heteroatoms. The van der Waals surface area contributed by atoms with Crippen molar-refractivity contribution in [3.8, 4) is 5.75 Å². The summed E-state index contributed by atoms with van der Waals surface area (Å²) in [5.74, 6) is 0.627. The first-order valence-corrected chi connectivity index (χ1v) is 10.1. The largest absolute Gasteiger partial charge is 0.449 e. The van der Waals surface area contributed by atoms with Gasteiger partial charge in [-0.25, -0.2) is 4.79 Å². The number of carbonyl (C=O) groups is 1. The third-order valence-electron chi connectivity index (χ3n) is 2.37. The standard InChI is InChI=1S/C12H17N2O3PS2/c1-10(20-4)13-16-12(15)14(2)18(3,19)17-11-8-6-5-7-9-11/h5-9H,1-4H3. The molecule has 0 spiro atoms. The van der Waals surface area contributed by atoms with Gasteiger partial charge in [0.15, 0.2) is 0 Å². The summed E-state index contributed by atoms with van der Waals surface area (Å²) in [5, 5.41) is 4.34. The summed E-state index contributed by atoms with van der Waals surface area (Å²) >= 11 is 6.79. The van der Waals surface area contributed by atoms with Crippen LogP contribution in [0.2, 0.25) is 0 Å². The normalized spacial score (nSPS) is 14.3. The van der Waals surface area contributed by atoms with E-state index in [1.807, 2.05) is 24.5 Å². The lowest BCUT2D eigenvalue weighted by Gasteiger charge is -2.27. The number of nitrogens with zero attached hydrogens (tertiary/aromatic N) is 2. The number of hydrogen-bond donors (Lipinski definition) is 0. The van der Waals surface area contributed by atoms with Gasteiger partial charge in [-0.2, -0.15) is 0 Å². The summed E-state index contributed by atoms with van der Waals surface area (Å²) in [5.41, 5.74) is 0. The molecule has 1 rings (SSSR count). The monoisotopic (exact) mass is 332 g/mol. The average Bonchev–Trinajstić information content (AvgIpc) is 2.44. The Morgan fingerprint density at radius 3 is 2.55 bits per heavy atom. The van der Waals surface area contributed by atoms with Crippen molar-refractivity contribution in [2.24, 2.45) is 5.16 Å². The Bertz CT molecular complexity index is 537. The van der Waals surface area contributed by atoms with E-state index in [0.717, 1.165) is 0 Å². The predicted molar refractivity (Wildman–Crippen MR) is 88.1 cm³/mol. The molecule has 0 radical (unpaired) electrons. The lowest BCUT2D eigenvalue weighted by molar-refractivity contribution is 0.134. The number of rotatable bonds is 4. The van der Waals surface area contributed by atoms with E-state index in [-0.39, 0.29) is 0 Å². The van der Waals surface area contributed by atoms with Crippen molar-refractivity contribution in [2.45, 2.75) is 6.92 Å². The van der Waals surface area contributed by atoms with Gasteiger partial charge < -0.3 is 4.52 Å². The Balaban J connectivity index is 2.71. The van der Waals surface area contributed by atoms with Crippen molar-refractivity contribution >= 4 is 41.1 Å². The maximum atomic E-state index is 11.9. The minimum Gasteiger partial charge on any atom is -0.449 e. The highest BCUT2D eigenvalue weighted by molar-refractivity contribution is 8.13. The average molecular weight is 332 g/mol. The van der Waals surface area contributed by atoms with Gasteiger partial charge in [0.2, 0.25) is 6.42 Å². The van der Waals surface area contributed by atoms with Crippen LogP contribution in [0.1, 0.15) is 6.92 Å². The number of para-hydroxylation sites is 1. The summed E-state index contributed by atoms with van der Waals surface area (Å²) < 4.78 is 7.00. The molecule has 0 aliphatic rings. The van der Waals surface area contributed by atoms with Crippen molar-refractivity contribution in [1.82, 2.24) is 4.67 Å². The number of carbonyl (C=O) groups excluding carboxylic acids is 1. The van der Waals surface area contributed by atoms with E-state index in [1.165, 1.54) is 16.4 Å². The van der Waals surface area contributed by atoms with Gasteiger partial charge in [-0.05, 0) is 37.1 Å². The van der Waals surface area contributed by atoms with Crippen LogP contribution in [0.4, 0.5) is 4.79 Å². The fraction of sp³-hybridized carbons (Fsp3) is 0.333. The van der Waals surface area contributed by atoms with E-state index >= 15 is 0 Å². The quantitative estimate of drug-likeness (QED) is 0.276. The summed E-state index contributed by atoms with van der Waals surface area (Å²) in [6, 6.07) is 9.15. The summed E-state index contributed by atoms with van der Waals surface area (Å²) in [6.45, 7) is 3.46. The zero-order chi connectivity index (χ0) is 15.2. The zero-order valence-electron chi connectivity index (χ0n) is 11.8. The van der Waals surface area contributed by atoms with E-state index in [9.17, 15) is 4.79 Å². The molecular formula is C12H17N2O3PS2. The molecule has 0 saturated heterocycles.